The van der Waals surface area contributed by atoms with Gasteiger partial charge in [0.05, 0.1) is 0 Å². The minimum absolute atomic E-state index is 0. The predicted octanol–water partition coefficient (Wildman–Crippen LogP) is 10.7. The third-order valence-corrected chi connectivity index (χ3v) is 7.20. The molecular weight excluding hydrogens is 379 g/mol. The molecule has 0 radical (unpaired) electrons. The van der Waals surface area contributed by atoms with Crippen LogP contribution in [0.1, 0.15) is 162 Å². The van der Waals surface area contributed by atoms with Crippen LogP contribution in [0.15, 0.2) is 0 Å². The van der Waals surface area contributed by atoms with E-state index in [9.17, 15) is 0 Å². The zero-order chi connectivity index (χ0) is 20.1. The molecule has 0 aromatic carbocycles. The highest BCUT2D eigenvalue weighted by atomic mass is 35.5. The molecule has 0 aliphatic carbocycles. The van der Waals surface area contributed by atoms with E-state index in [0.29, 0.717) is 5.16 Å². The van der Waals surface area contributed by atoms with Crippen LogP contribution in [-0.2, 0) is 0 Å². The molecule has 0 fully saturated rings. The Bertz CT molecular complexity index is 264. The van der Waals surface area contributed by atoms with Gasteiger partial charge in [0, 0.05) is 0 Å². The van der Waals surface area contributed by atoms with Crippen LogP contribution in [0.5, 0.6) is 0 Å². The molecule has 0 heterocycles. The molecule has 0 aliphatic rings. The van der Waals surface area contributed by atoms with Crippen molar-refractivity contribution in [1.82, 2.24) is 0 Å². The molecule has 0 nitrogen and oxygen atoms in total. The lowest BCUT2D eigenvalue weighted by atomic mass is 9.88. The standard InChI is InChI=1S/C26H55P.ClH/c1-4-7-10-13-16-19-22-25-26(27,23-20-17-14-11-8-5-2)24-21-18-15-12-9-6-3;/h4-25,27H2,1-3H3;1H. The number of hydrogen-bond acceptors (Lipinski definition) is 0. The molecule has 172 valence electrons. The summed E-state index contributed by atoms with van der Waals surface area (Å²) in [6.45, 7) is 6.94. The first-order valence-electron chi connectivity index (χ1n) is 13.0. The monoisotopic (exact) mass is 434 g/mol. The van der Waals surface area contributed by atoms with E-state index in [-0.39, 0.29) is 12.4 Å². The van der Waals surface area contributed by atoms with E-state index in [1.165, 1.54) is 141 Å². The molecule has 0 saturated carbocycles. The van der Waals surface area contributed by atoms with Crippen molar-refractivity contribution in [3.05, 3.63) is 0 Å². The molecule has 2 heteroatoms. The summed E-state index contributed by atoms with van der Waals surface area (Å²) < 4.78 is 0. The Kier molecular flexibility index (Phi) is 26.5. The molecule has 0 aromatic heterocycles. The molecule has 0 N–H and O–H groups in total. The Morgan fingerprint density at radius 1 is 0.393 bits per heavy atom. The predicted molar refractivity (Wildman–Crippen MR) is 138 cm³/mol. The molecule has 1 atom stereocenters. The summed E-state index contributed by atoms with van der Waals surface area (Å²) in [7, 11) is 3.35. The second-order valence-electron chi connectivity index (χ2n) is 9.27. The fourth-order valence-corrected chi connectivity index (χ4v) is 4.94. The van der Waals surface area contributed by atoms with E-state index in [1.807, 2.05) is 0 Å². The van der Waals surface area contributed by atoms with Crippen LogP contribution in [0.2, 0.25) is 0 Å². The average molecular weight is 435 g/mol. The van der Waals surface area contributed by atoms with Crippen LogP contribution in [-0.4, -0.2) is 5.16 Å². The van der Waals surface area contributed by atoms with Gasteiger partial charge in [0.1, 0.15) is 0 Å². The quantitative estimate of drug-likeness (QED) is 0.117. The summed E-state index contributed by atoms with van der Waals surface area (Å²) in [6.07, 6.45) is 31.7. The van der Waals surface area contributed by atoms with Gasteiger partial charge in [-0.3, -0.25) is 0 Å². The second kappa shape index (κ2) is 24.0. The highest BCUT2D eigenvalue weighted by Gasteiger charge is 2.23. The normalized spacial score (nSPS) is 11.6. The van der Waals surface area contributed by atoms with Crippen molar-refractivity contribution in [2.45, 2.75) is 167 Å². The van der Waals surface area contributed by atoms with Crippen LogP contribution in [0.3, 0.4) is 0 Å². The van der Waals surface area contributed by atoms with E-state index in [2.05, 4.69) is 30.0 Å². The van der Waals surface area contributed by atoms with Crippen molar-refractivity contribution in [3.8, 4) is 0 Å². The van der Waals surface area contributed by atoms with Crippen molar-refractivity contribution in [1.29, 1.82) is 0 Å². The van der Waals surface area contributed by atoms with E-state index >= 15 is 0 Å². The molecule has 0 amide bonds. The zero-order valence-electron chi connectivity index (χ0n) is 20.0. The third kappa shape index (κ3) is 21.4. The molecular formula is C26H56ClP. The maximum absolute atomic E-state index is 3.35. The summed E-state index contributed by atoms with van der Waals surface area (Å²) in [5, 5.41) is 0.554. The molecule has 0 aromatic rings. The highest BCUT2D eigenvalue weighted by Crippen LogP contribution is 2.37. The third-order valence-electron chi connectivity index (χ3n) is 6.33. The Morgan fingerprint density at radius 2 is 0.607 bits per heavy atom. The zero-order valence-corrected chi connectivity index (χ0v) is 22.0. The Balaban J connectivity index is 0. The molecule has 0 aliphatic heterocycles. The summed E-state index contributed by atoms with van der Waals surface area (Å²) in [6, 6.07) is 0. The van der Waals surface area contributed by atoms with Gasteiger partial charge in [0.25, 0.3) is 0 Å². The maximum Gasteiger partial charge on any atom is -0.0150 e. The summed E-state index contributed by atoms with van der Waals surface area (Å²) >= 11 is 0. The van der Waals surface area contributed by atoms with Crippen molar-refractivity contribution in [2.24, 2.45) is 0 Å². The lowest BCUT2D eigenvalue weighted by molar-refractivity contribution is 0.402. The number of halogens is 1. The lowest BCUT2D eigenvalue weighted by Gasteiger charge is -2.30. The fraction of sp³-hybridized carbons (Fsp3) is 1.00. The minimum atomic E-state index is 0. The highest BCUT2D eigenvalue weighted by molar-refractivity contribution is 7.19. The SMILES string of the molecule is CCCCCCCCCC(P)(CCCCCCCC)CCCCCCCC.Cl. The molecule has 0 rings (SSSR count). The first-order valence-corrected chi connectivity index (χ1v) is 13.5. The molecule has 0 bridgehead atoms. The number of unbranched alkanes of at least 4 members (excludes halogenated alkanes) is 16. The van der Waals surface area contributed by atoms with Crippen molar-refractivity contribution < 1.29 is 0 Å². The maximum atomic E-state index is 3.35. The van der Waals surface area contributed by atoms with Crippen LogP contribution >= 0.6 is 21.6 Å². The van der Waals surface area contributed by atoms with Crippen LogP contribution in [0.25, 0.3) is 0 Å². The van der Waals surface area contributed by atoms with E-state index in [1.54, 1.807) is 0 Å². The first-order chi connectivity index (χ1) is 13.2. The van der Waals surface area contributed by atoms with Gasteiger partial charge in [0.2, 0.25) is 0 Å². The van der Waals surface area contributed by atoms with Gasteiger partial charge in [-0.25, -0.2) is 0 Å². The van der Waals surface area contributed by atoms with E-state index in [4.69, 9.17) is 0 Å². The summed E-state index contributed by atoms with van der Waals surface area (Å²) in [5.41, 5.74) is 0. The number of rotatable bonds is 22. The van der Waals surface area contributed by atoms with Gasteiger partial charge in [-0.15, -0.1) is 21.6 Å². The fourth-order valence-electron chi connectivity index (χ4n) is 4.32. The molecule has 0 spiro atoms. The van der Waals surface area contributed by atoms with Crippen molar-refractivity contribution >= 4 is 21.6 Å². The van der Waals surface area contributed by atoms with Gasteiger partial charge in [-0.05, 0) is 24.4 Å². The van der Waals surface area contributed by atoms with Crippen LogP contribution < -0.4 is 0 Å². The Hall–Kier alpha value is 0.720. The van der Waals surface area contributed by atoms with Crippen LogP contribution in [0.4, 0.5) is 0 Å². The Labute approximate surface area is 188 Å². The summed E-state index contributed by atoms with van der Waals surface area (Å²) in [4.78, 5) is 0. The van der Waals surface area contributed by atoms with Gasteiger partial charge >= 0.3 is 0 Å². The average Bonchev–Trinajstić information content (AvgIpc) is 2.67. The van der Waals surface area contributed by atoms with E-state index in [0.717, 1.165) is 0 Å². The second-order valence-corrected chi connectivity index (χ2v) is 10.5. The summed E-state index contributed by atoms with van der Waals surface area (Å²) in [5.74, 6) is 0. The van der Waals surface area contributed by atoms with Crippen molar-refractivity contribution in [2.75, 3.05) is 0 Å². The lowest BCUT2D eigenvalue weighted by Crippen LogP contribution is -2.20. The molecule has 28 heavy (non-hydrogen) atoms. The van der Waals surface area contributed by atoms with Gasteiger partial charge < -0.3 is 0 Å². The first kappa shape index (κ1) is 30.9. The number of hydrogen-bond donors (Lipinski definition) is 0. The van der Waals surface area contributed by atoms with Gasteiger partial charge in [-0.1, -0.05) is 143 Å². The molecule has 1 unspecified atom stereocenters. The molecule has 0 saturated heterocycles. The smallest absolute Gasteiger partial charge is 0.0150 e. The Morgan fingerprint density at radius 3 is 0.857 bits per heavy atom. The minimum Gasteiger partial charge on any atom is -0.147 e. The van der Waals surface area contributed by atoms with Gasteiger partial charge in [-0.2, -0.15) is 0 Å². The largest absolute Gasteiger partial charge is 0.147 e. The van der Waals surface area contributed by atoms with E-state index < -0.39 is 0 Å². The van der Waals surface area contributed by atoms with Crippen molar-refractivity contribution in [3.63, 3.8) is 0 Å². The topological polar surface area (TPSA) is 0 Å². The van der Waals surface area contributed by atoms with Crippen LogP contribution in [0, 0.1) is 0 Å². The van der Waals surface area contributed by atoms with Gasteiger partial charge in [0.15, 0.2) is 0 Å².